The van der Waals surface area contributed by atoms with Crippen LogP contribution < -0.4 is 5.32 Å². The number of rotatable bonds is 4. The highest BCUT2D eigenvalue weighted by molar-refractivity contribution is 7.09. The highest BCUT2D eigenvalue weighted by Crippen LogP contribution is 2.15. The van der Waals surface area contributed by atoms with Crippen molar-refractivity contribution in [3.63, 3.8) is 0 Å². The summed E-state index contributed by atoms with van der Waals surface area (Å²) in [6, 6.07) is 0.384. The van der Waals surface area contributed by atoms with Crippen molar-refractivity contribution in [3.8, 4) is 0 Å². The first-order valence-electron chi connectivity index (χ1n) is 3.96. The Hall–Kier alpha value is -0.670. The van der Waals surface area contributed by atoms with Crippen LogP contribution in [0.3, 0.4) is 0 Å². The summed E-state index contributed by atoms with van der Waals surface area (Å²) in [5, 5.41) is 3.36. The first kappa shape index (κ1) is 9.42. The van der Waals surface area contributed by atoms with Crippen LogP contribution in [0.1, 0.15) is 24.8 Å². The van der Waals surface area contributed by atoms with Gasteiger partial charge in [-0.15, -0.1) is 11.3 Å². The largest absolute Gasteiger partial charge is 0.306 e. The second kappa shape index (κ2) is 4.38. The van der Waals surface area contributed by atoms with E-state index in [1.54, 1.807) is 11.3 Å². The van der Waals surface area contributed by atoms with E-state index in [-0.39, 0.29) is 0 Å². The fourth-order valence-corrected chi connectivity index (χ4v) is 1.52. The molecular weight excluding hydrogens is 168 g/mol. The zero-order valence-electron chi connectivity index (χ0n) is 7.50. The van der Waals surface area contributed by atoms with E-state index >= 15 is 0 Å². The van der Waals surface area contributed by atoms with Gasteiger partial charge in [-0.05, 0) is 13.8 Å². The van der Waals surface area contributed by atoms with Crippen molar-refractivity contribution in [2.75, 3.05) is 6.54 Å². The summed E-state index contributed by atoms with van der Waals surface area (Å²) in [6.07, 6.45) is 1.90. The molecule has 1 heterocycles. The van der Waals surface area contributed by atoms with Gasteiger partial charge in [-0.25, -0.2) is 0 Å². The molecule has 0 amide bonds. The van der Waals surface area contributed by atoms with Gasteiger partial charge in [0.15, 0.2) is 0 Å². The van der Waals surface area contributed by atoms with Gasteiger partial charge in [-0.3, -0.25) is 4.98 Å². The summed E-state index contributed by atoms with van der Waals surface area (Å²) in [5.74, 6) is 0. The molecule has 1 aromatic rings. The smallest absolute Gasteiger partial charge is 0.0794 e. The van der Waals surface area contributed by atoms with E-state index in [1.807, 2.05) is 18.6 Å². The number of hydrogen-bond acceptors (Lipinski definition) is 3. The topological polar surface area (TPSA) is 24.9 Å². The van der Waals surface area contributed by atoms with Gasteiger partial charge >= 0.3 is 0 Å². The molecule has 12 heavy (non-hydrogen) atoms. The first-order chi connectivity index (χ1) is 5.70. The van der Waals surface area contributed by atoms with E-state index in [1.165, 1.54) is 4.88 Å². The number of hydrogen-bond donors (Lipinski definition) is 1. The number of aromatic nitrogens is 1. The summed E-state index contributed by atoms with van der Waals surface area (Å²) in [4.78, 5) is 5.30. The lowest BCUT2D eigenvalue weighted by atomic mass is 10.2. The van der Waals surface area contributed by atoms with Crippen molar-refractivity contribution in [2.24, 2.45) is 0 Å². The quantitative estimate of drug-likeness (QED) is 0.723. The molecule has 0 aliphatic heterocycles. The van der Waals surface area contributed by atoms with Crippen molar-refractivity contribution in [1.82, 2.24) is 10.3 Å². The predicted octanol–water partition coefficient (Wildman–Crippen LogP) is 2.37. The van der Waals surface area contributed by atoms with E-state index in [0.717, 1.165) is 12.1 Å². The third-order valence-corrected chi connectivity index (χ3v) is 2.55. The Kier molecular flexibility index (Phi) is 3.44. The van der Waals surface area contributed by atoms with Crippen LogP contribution in [0.25, 0.3) is 0 Å². The normalized spacial score (nSPS) is 12.8. The zero-order chi connectivity index (χ0) is 8.97. The Bertz CT molecular complexity index is 241. The molecule has 0 saturated heterocycles. The van der Waals surface area contributed by atoms with Crippen LogP contribution in [-0.2, 0) is 0 Å². The Morgan fingerprint density at radius 3 is 3.08 bits per heavy atom. The standard InChI is InChI=1S/C9H14N2S/c1-7(2)4-11-8(3)9-5-10-6-12-9/h5-6,8,11H,1,4H2,2-3H3. The van der Waals surface area contributed by atoms with Crippen LogP contribution in [0.15, 0.2) is 23.9 Å². The van der Waals surface area contributed by atoms with Gasteiger partial charge in [0.05, 0.1) is 5.51 Å². The molecule has 1 rings (SSSR count). The van der Waals surface area contributed by atoms with Crippen LogP contribution in [0.5, 0.6) is 0 Å². The van der Waals surface area contributed by atoms with Gasteiger partial charge in [0.25, 0.3) is 0 Å². The second-order valence-corrected chi connectivity index (χ2v) is 3.88. The van der Waals surface area contributed by atoms with Crippen LogP contribution in [-0.4, -0.2) is 11.5 Å². The summed E-state index contributed by atoms with van der Waals surface area (Å²) >= 11 is 1.68. The molecule has 0 bridgehead atoms. The molecule has 1 aromatic heterocycles. The van der Waals surface area contributed by atoms with Gasteiger partial charge < -0.3 is 5.32 Å². The van der Waals surface area contributed by atoms with Crippen LogP contribution in [0.4, 0.5) is 0 Å². The SMILES string of the molecule is C=C(C)CNC(C)c1cncs1. The summed E-state index contributed by atoms with van der Waals surface area (Å²) in [6.45, 7) is 8.86. The summed E-state index contributed by atoms with van der Waals surface area (Å²) in [7, 11) is 0. The molecule has 0 spiro atoms. The van der Waals surface area contributed by atoms with Gasteiger partial charge in [0.2, 0.25) is 0 Å². The minimum atomic E-state index is 0.384. The molecule has 0 radical (unpaired) electrons. The van der Waals surface area contributed by atoms with Crippen LogP contribution in [0, 0.1) is 0 Å². The van der Waals surface area contributed by atoms with Gasteiger partial charge in [0, 0.05) is 23.7 Å². The molecule has 1 N–H and O–H groups in total. The Morgan fingerprint density at radius 2 is 2.58 bits per heavy atom. The molecule has 0 aromatic carbocycles. The lowest BCUT2D eigenvalue weighted by molar-refractivity contribution is 0.616. The molecular formula is C9H14N2S. The monoisotopic (exact) mass is 182 g/mol. The molecule has 0 fully saturated rings. The Morgan fingerprint density at radius 1 is 1.83 bits per heavy atom. The van der Waals surface area contributed by atoms with E-state index in [4.69, 9.17) is 0 Å². The molecule has 0 aliphatic rings. The fourth-order valence-electron chi connectivity index (χ4n) is 0.867. The second-order valence-electron chi connectivity index (χ2n) is 2.96. The predicted molar refractivity (Wildman–Crippen MR) is 53.3 cm³/mol. The van der Waals surface area contributed by atoms with Crippen LogP contribution >= 0.6 is 11.3 Å². The fraction of sp³-hybridized carbons (Fsp3) is 0.444. The van der Waals surface area contributed by atoms with E-state index < -0.39 is 0 Å². The third kappa shape index (κ3) is 2.75. The van der Waals surface area contributed by atoms with Crippen LogP contribution in [0.2, 0.25) is 0 Å². The maximum atomic E-state index is 4.03. The van der Waals surface area contributed by atoms with Gasteiger partial charge in [0.1, 0.15) is 0 Å². The lowest BCUT2D eigenvalue weighted by Crippen LogP contribution is -2.19. The molecule has 0 aliphatic carbocycles. The van der Waals surface area contributed by atoms with Crippen molar-refractivity contribution in [2.45, 2.75) is 19.9 Å². The molecule has 1 atom stereocenters. The van der Waals surface area contributed by atoms with E-state index in [9.17, 15) is 0 Å². The summed E-state index contributed by atoms with van der Waals surface area (Å²) in [5.41, 5.74) is 3.01. The van der Waals surface area contributed by atoms with Crippen molar-refractivity contribution < 1.29 is 0 Å². The number of nitrogens with zero attached hydrogens (tertiary/aromatic N) is 1. The Labute approximate surface area is 77.3 Å². The average Bonchev–Trinajstić information content (AvgIpc) is 2.51. The highest BCUT2D eigenvalue weighted by atomic mass is 32.1. The maximum absolute atomic E-state index is 4.03. The first-order valence-corrected chi connectivity index (χ1v) is 4.84. The third-order valence-electron chi connectivity index (χ3n) is 1.59. The van der Waals surface area contributed by atoms with Gasteiger partial charge in [-0.2, -0.15) is 0 Å². The maximum Gasteiger partial charge on any atom is 0.0794 e. The number of thiazole rings is 1. The molecule has 1 unspecified atom stereocenters. The zero-order valence-corrected chi connectivity index (χ0v) is 8.32. The minimum Gasteiger partial charge on any atom is -0.306 e. The van der Waals surface area contributed by atoms with Crippen molar-refractivity contribution >= 4 is 11.3 Å². The molecule has 66 valence electrons. The highest BCUT2D eigenvalue weighted by Gasteiger charge is 2.04. The van der Waals surface area contributed by atoms with E-state index in [0.29, 0.717) is 6.04 Å². The van der Waals surface area contributed by atoms with Crippen molar-refractivity contribution in [1.29, 1.82) is 0 Å². The minimum absolute atomic E-state index is 0.384. The number of nitrogens with one attached hydrogen (secondary N) is 1. The molecule has 0 saturated carbocycles. The van der Waals surface area contributed by atoms with Gasteiger partial charge in [-0.1, -0.05) is 12.2 Å². The average molecular weight is 182 g/mol. The summed E-state index contributed by atoms with van der Waals surface area (Å²) < 4.78 is 0. The van der Waals surface area contributed by atoms with E-state index in [2.05, 4.69) is 23.8 Å². The lowest BCUT2D eigenvalue weighted by Gasteiger charge is -2.10. The Balaban J connectivity index is 2.39. The molecule has 2 nitrogen and oxygen atoms in total. The van der Waals surface area contributed by atoms with Crippen molar-refractivity contribution in [3.05, 3.63) is 28.7 Å². The molecule has 3 heteroatoms.